The van der Waals surface area contributed by atoms with Crippen molar-refractivity contribution >= 4 is 40.9 Å². The van der Waals surface area contributed by atoms with Gasteiger partial charge >= 0.3 is 5.69 Å². The van der Waals surface area contributed by atoms with Gasteiger partial charge in [-0.1, -0.05) is 59.6 Å². The lowest BCUT2D eigenvalue weighted by Crippen LogP contribution is -2.35. The maximum absolute atomic E-state index is 12.9. The van der Waals surface area contributed by atoms with Crippen LogP contribution in [-0.4, -0.2) is 16.7 Å². The van der Waals surface area contributed by atoms with Gasteiger partial charge in [0.2, 0.25) is 5.75 Å². The summed E-state index contributed by atoms with van der Waals surface area (Å²) in [6, 6.07) is 18.7. The zero-order valence-electron chi connectivity index (χ0n) is 17.4. The lowest BCUT2D eigenvalue weighted by molar-refractivity contribution is -0.385. The molecule has 2 amide bonds. The van der Waals surface area contributed by atoms with Gasteiger partial charge in [0, 0.05) is 16.7 Å². The predicted molar refractivity (Wildman–Crippen MR) is 124 cm³/mol. The molecule has 1 aliphatic rings. The summed E-state index contributed by atoms with van der Waals surface area (Å²) in [7, 11) is 0. The molecule has 1 fully saturated rings. The largest absolute Gasteiger partial charge is 0.482 e. The summed E-state index contributed by atoms with van der Waals surface area (Å²) in [4.78, 5) is 36.5. The van der Waals surface area contributed by atoms with Gasteiger partial charge in [0.05, 0.1) is 10.6 Å². The number of para-hydroxylation sites is 1. The van der Waals surface area contributed by atoms with Gasteiger partial charge in [-0.05, 0) is 36.8 Å². The molecule has 0 radical (unpaired) electrons. The van der Waals surface area contributed by atoms with Gasteiger partial charge in [-0.25, -0.2) is 5.01 Å². The molecule has 1 aliphatic heterocycles. The van der Waals surface area contributed by atoms with Crippen molar-refractivity contribution in [2.24, 2.45) is 0 Å². The molecule has 0 saturated carbocycles. The molecule has 1 saturated heterocycles. The summed E-state index contributed by atoms with van der Waals surface area (Å²) < 4.78 is 5.82. The zero-order valence-corrected chi connectivity index (χ0v) is 18.2. The average Bonchev–Trinajstić information content (AvgIpc) is 3.07. The molecule has 3 aromatic rings. The van der Waals surface area contributed by atoms with Gasteiger partial charge < -0.3 is 4.74 Å². The number of nitro groups is 1. The third-order valence-corrected chi connectivity index (χ3v) is 5.15. The summed E-state index contributed by atoms with van der Waals surface area (Å²) in [6.45, 7) is 1.98. The quantitative estimate of drug-likeness (QED) is 0.249. The molecule has 1 heterocycles. The van der Waals surface area contributed by atoms with Crippen molar-refractivity contribution in [2.75, 3.05) is 5.01 Å². The Morgan fingerprint density at radius 3 is 2.55 bits per heavy atom. The number of nitro benzene ring substituents is 1. The van der Waals surface area contributed by atoms with Gasteiger partial charge in [0.25, 0.3) is 11.8 Å². The highest BCUT2D eigenvalue weighted by Gasteiger charge is 2.35. The molecule has 0 atom stereocenters. The van der Waals surface area contributed by atoms with Crippen LogP contribution in [0.25, 0.3) is 6.08 Å². The van der Waals surface area contributed by atoms with Crippen LogP contribution in [0.15, 0.2) is 72.3 Å². The van der Waals surface area contributed by atoms with Crippen molar-refractivity contribution in [3.63, 3.8) is 0 Å². The van der Waals surface area contributed by atoms with Crippen LogP contribution < -0.4 is 15.2 Å². The number of aryl methyl sites for hydroxylation is 1. The smallest absolute Gasteiger partial charge is 0.313 e. The van der Waals surface area contributed by atoms with Crippen LogP contribution in [0, 0.1) is 17.0 Å². The fourth-order valence-corrected chi connectivity index (χ4v) is 3.65. The lowest BCUT2D eigenvalue weighted by Gasteiger charge is -2.14. The topological polar surface area (TPSA) is 102 Å². The van der Waals surface area contributed by atoms with Crippen molar-refractivity contribution in [3.8, 4) is 5.75 Å². The molecule has 33 heavy (non-hydrogen) atoms. The minimum absolute atomic E-state index is 0.0522. The number of hydrogen-bond acceptors (Lipinski definition) is 5. The van der Waals surface area contributed by atoms with E-state index < -0.39 is 16.7 Å². The van der Waals surface area contributed by atoms with E-state index in [0.717, 1.165) is 16.1 Å². The number of anilines is 1. The van der Waals surface area contributed by atoms with E-state index in [1.54, 1.807) is 30.3 Å². The number of nitrogens with zero attached hydrogens (tertiary/aromatic N) is 2. The van der Waals surface area contributed by atoms with E-state index >= 15 is 0 Å². The van der Waals surface area contributed by atoms with Crippen molar-refractivity contribution in [1.82, 2.24) is 5.43 Å². The van der Waals surface area contributed by atoms with Crippen molar-refractivity contribution in [2.45, 2.75) is 13.5 Å². The Hall–Kier alpha value is -4.17. The number of rotatable bonds is 6. The summed E-state index contributed by atoms with van der Waals surface area (Å²) in [5.74, 6) is -1.33. The molecule has 1 N–H and O–H groups in total. The number of hydrazine groups is 1. The van der Waals surface area contributed by atoms with Crippen LogP contribution in [0.2, 0.25) is 5.02 Å². The Morgan fingerprint density at radius 2 is 1.85 bits per heavy atom. The Labute approximate surface area is 194 Å². The fourth-order valence-electron chi connectivity index (χ4n) is 3.43. The SMILES string of the molecule is Cc1cccc(COc2c(C=C3C(=O)NN(c4ccccc4)C3=O)cc(Cl)cc2[N+](=O)[O-])c1. The van der Waals surface area contributed by atoms with Crippen LogP contribution in [-0.2, 0) is 16.2 Å². The van der Waals surface area contributed by atoms with Gasteiger partial charge in [0.15, 0.2) is 0 Å². The molecule has 8 nitrogen and oxygen atoms in total. The molecule has 0 bridgehead atoms. The van der Waals surface area contributed by atoms with Crippen LogP contribution in [0.5, 0.6) is 5.75 Å². The number of carbonyl (C=O) groups is 2. The van der Waals surface area contributed by atoms with Gasteiger partial charge in [-0.2, -0.15) is 0 Å². The van der Waals surface area contributed by atoms with E-state index in [1.807, 2.05) is 31.2 Å². The van der Waals surface area contributed by atoms with Crippen molar-refractivity contribution in [3.05, 3.63) is 104 Å². The Morgan fingerprint density at radius 1 is 1.09 bits per heavy atom. The minimum atomic E-state index is -0.642. The maximum Gasteiger partial charge on any atom is 0.313 e. The zero-order chi connectivity index (χ0) is 23.5. The lowest BCUT2D eigenvalue weighted by atomic mass is 10.1. The van der Waals surface area contributed by atoms with E-state index in [4.69, 9.17) is 16.3 Å². The van der Waals surface area contributed by atoms with Gasteiger partial charge in [-0.15, -0.1) is 0 Å². The summed E-state index contributed by atoms with van der Waals surface area (Å²) in [5.41, 5.74) is 4.38. The highest BCUT2D eigenvalue weighted by Crippen LogP contribution is 2.37. The monoisotopic (exact) mass is 463 g/mol. The fraction of sp³-hybridized carbons (Fsp3) is 0.0833. The number of nitrogens with one attached hydrogen (secondary N) is 1. The highest BCUT2D eigenvalue weighted by molar-refractivity contribution is 6.32. The second-order valence-corrected chi connectivity index (χ2v) is 7.79. The maximum atomic E-state index is 12.9. The molecule has 0 aromatic heterocycles. The van der Waals surface area contributed by atoms with Crippen molar-refractivity contribution < 1.29 is 19.2 Å². The van der Waals surface area contributed by atoms with E-state index in [1.165, 1.54) is 18.2 Å². The van der Waals surface area contributed by atoms with Gasteiger partial charge in [0.1, 0.15) is 12.2 Å². The molecule has 0 unspecified atom stereocenters. The Kier molecular flexibility index (Phi) is 6.10. The van der Waals surface area contributed by atoms with Crippen LogP contribution >= 0.6 is 11.6 Å². The normalized spacial score (nSPS) is 14.5. The summed E-state index contributed by atoms with van der Waals surface area (Å²) >= 11 is 6.10. The molecule has 166 valence electrons. The van der Waals surface area contributed by atoms with Crippen LogP contribution in [0.3, 0.4) is 0 Å². The standard InChI is InChI=1S/C24H18ClN3O5/c1-15-6-5-7-16(10-15)14-33-22-17(11-18(25)13-21(22)28(31)32)12-20-23(29)26-27(24(20)30)19-8-3-2-4-9-19/h2-13H,14H2,1H3,(H,26,29). The van der Waals surface area contributed by atoms with E-state index in [-0.39, 0.29) is 34.2 Å². The second-order valence-electron chi connectivity index (χ2n) is 7.35. The first kappa shape index (κ1) is 22.0. The third-order valence-electron chi connectivity index (χ3n) is 4.93. The molecule has 0 aliphatic carbocycles. The number of amides is 2. The number of carbonyl (C=O) groups excluding carboxylic acids is 2. The molecular weight excluding hydrogens is 446 g/mol. The number of benzene rings is 3. The van der Waals surface area contributed by atoms with E-state index in [2.05, 4.69) is 5.43 Å². The van der Waals surface area contributed by atoms with E-state index in [9.17, 15) is 19.7 Å². The number of halogens is 1. The second kappa shape index (κ2) is 9.13. The van der Waals surface area contributed by atoms with Crippen molar-refractivity contribution in [1.29, 1.82) is 0 Å². The summed E-state index contributed by atoms with van der Waals surface area (Å²) in [6.07, 6.45) is 1.26. The highest BCUT2D eigenvalue weighted by atomic mass is 35.5. The molecule has 0 spiro atoms. The molecular formula is C24H18ClN3O5. The van der Waals surface area contributed by atoms with E-state index in [0.29, 0.717) is 5.69 Å². The minimum Gasteiger partial charge on any atom is -0.482 e. The number of ether oxygens (including phenoxy) is 1. The first-order chi connectivity index (χ1) is 15.8. The first-order valence-corrected chi connectivity index (χ1v) is 10.3. The molecule has 3 aromatic carbocycles. The van der Waals surface area contributed by atoms with Crippen LogP contribution in [0.1, 0.15) is 16.7 Å². The van der Waals surface area contributed by atoms with Gasteiger partial charge in [-0.3, -0.25) is 25.1 Å². The third kappa shape index (κ3) is 4.70. The first-order valence-electron chi connectivity index (χ1n) is 9.92. The molecule has 9 heteroatoms. The Bertz CT molecular complexity index is 1290. The summed E-state index contributed by atoms with van der Waals surface area (Å²) in [5, 5.41) is 12.9. The average molecular weight is 464 g/mol. The van der Waals surface area contributed by atoms with Crippen LogP contribution in [0.4, 0.5) is 11.4 Å². The molecule has 4 rings (SSSR count). The predicted octanol–water partition coefficient (Wildman–Crippen LogP) is 4.60. The number of hydrogen-bond donors (Lipinski definition) is 1. The Balaban J connectivity index is 1.73.